The Labute approximate surface area is 205 Å². The summed E-state index contributed by atoms with van der Waals surface area (Å²) in [7, 11) is -8.92. The number of sulfonamides is 2. The lowest BCUT2D eigenvalue weighted by Crippen LogP contribution is -2.29. The first-order valence-electron chi connectivity index (χ1n) is 10.5. The van der Waals surface area contributed by atoms with E-state index in [0.717, 1.165) is 28.4 Å². The monoisotopic (exact) mass is 538 g/mol. The quantitative estimate of drug-likeness (QED) is 0.302. The van der Waals surface area contributed by atoms with Crippen LogP contribution in [0.15, 0.2) is 66.7 Å². The van der Waals surface area contributed by atoms with Gasteiger partial charge in [0.2, 0.25) is 10.0 Å². The summed E-state index contributed by atoms with van der Waals surface area (Å²) in [5.41, 5.74) is -1.35. The van der Waals surface area contributed by atoms with E-state index in [1.54, 1.807) is 24.3 Å². The predicted octanol–water partition coefficient (Wildman–Crippen LogP) is 4.65. The highest BCUT2D eigenvalue weighted by molar-refractivity contribution is 7.93. The lowest BCUT2D eigenvalue weighted by Gasteiger charge is -2.10. The average molecular weight is 539 g/mol. The van der Waals surface area contributed by atoms with Crippen molar-refractivity contribution in [3.63, 3.8) is 0 Å². The highest BCUT2D eigenvalue weighted by atomic mass is 32.2. The number of hydrogen-bond acceptors (Lipinski definition) is 5. The number of rotatable bonds is 8. The maximum atomic E-state index is 12.5. The molecule has 0 atom stereocenters. The second kappa shape index (κ2) is 9.47. The number of imidazole rings is 1. The molecule has 4 rings (SSSR count). The van der Waals surface area contributed by atoms with Crippen LogP contribution in [0.4, 0.5) is 24.5 Å². The molecule has 1 aromatic heterocycles. The predicted molar refractivity (Wildman–Crippen MR) is 132 cm³/mol. The Balaban J connectivity index is 1.48. The van der Waals surface area contributed by atoms with Gasteiger partial charge in [-0.15, -0.1) is 0 Å². The molecule has 0 fully saturated rings. The van der Waals surface area contributed by atoms with Crippen molar-refractivity contribution < 1.29 is 30.0 Å². The molecule has 3 aromatic carbocycles. The fourth-order valence-electron chi connectivity index (χ4n) is 3.59. The molecular weight excluding hydrogens is 517 g/mol. The van der Waals surface area contributed by atoms with Crippen LogP contribution >= 0.6 is 0 Å². The van der Waals surface area contributed by atoms with Crippen LogP contribution in [-0.2, 0) is 32.9 Å². The summed E-state index contributed by atoms with van der Waals surface area (Å²) in [5.74, 6) is 0.687. The van der Waals surface area contributed by atoms with Crippen molar-refractivity contribution in [1.29, 1.82) is 0 Å². The molecule has 3 N–H and O–H groups in total. The molecule has 0 amide bonds. The van der Waals surface area contributed by atoms with Gasteiger partial charge in [-0.2, -0.15) is 21.6 Å². The fraction of sp³-hybridized carbons (Fsp3) is 0.174. The van der Waals surface area contributed by atoms with E-state index in [4.69, 9.17) is 0 Å². The van der Waals surface area contributed by atoms with Crippen LogP contribution in [0.2, 0.25) is 0 Å². The van der Waals surface area contributed by atoms with E-state index in [1.165, 1.54) is 16.9 Å². The van der Waals surface area contributed by atoms with Crippen molar-refractivity contribution in [3.05, 3.63) is 78.1 Å². The zero-order valence-electron chi connectivity index (χ0n) is 18.8. The van der Waals surface area contributed by atoms with E-state index in [9.17, 15) is 30.0 Å². The number of aromatic amines is 1. The van der Waals surface area contributed by atoms with Gasteiger partial charge in [0, 0.05) is 17.7 Å². The van der Waals surface area contributed by atoms with E-state index in [0.29, 0.717) is 29.9 Å². The average Bonchev–Trinajstić information content (AvgIpc) is 3.19. The van der Waals surface area contributed by atoms with Gasteiger partial charge < -0.3 is 4.98 Å². The summed E-state index contributed by atoms with van der Waals surface area (Å²) in [5, 5.41) is 0. The minimum Gasteiger partial charge on any atom is -0.342 e. The maximum absolute atomic E-state index is 12.5. The van der Waals surface area contributed by atoms with Gasteiger partial charge in [0.15, 0.2) is 0 Å². The number of halogens is 3. The van der Waals surface area contributed by atoms with Crippen molar-refractivity contribution in [3.8, 4) is 11.1 Å². The molecule has 0 aliphatic heterocycles. The molecule has 36 heavy (non-hydrogen) atoms. The Morgan fingerprint density at radius 3 is 2.25 bits per heavy atom. The van der Waals surface area contributed by atoms with Crippen LogP contribution in [0.25, 0.3) is 22.2 Å². The second-order valence-electron chi connectivity index (χ2n) is 8.08. The molecule has 0 aliphatic rings. The van der Waals surface area contributed by atoms with Crippen molar-refractivity contribution in [1.82, 2.24) is 9.97 Å². The third-order valence-electron chi connectivity index (χ3n) is 5.23. The number of nitrogens with zero attached hydrogens (tertiary/aromatic N) is 1. The van der Waals surface area contributed by atoms with Gasteiger partial charge in [0.1, 0.15) is 5.82 Å². The van der Waals surface area contributed by atoms with E-state index >= 15 is 0 Å². The minimum atomic E-state index is -5.47. The number of hydrogen-bond donors (Lipinski definition) is 3. The van der Waals surface area contributed by atoms with Gasteiger partial charge in [0.25, 0.3) is 0 Å². The molecule has 8 nitrogen and oxygen atoms in total. The molecule has 190 valence electrons. The molecule has 0 spiro atoms. The Hall–Kier alpha value is -3.58. The largest absolute Gasteiger partial charge is 0.516 e. The lowest BCUT2D eigenvalue weighted by molar-refractivity contribution is -0.0429. The van der Waals surface area contributed by atoms with Gasteiger partial charge in [-0.25, -0.2) is 13.4 Å². The van der Waals surface area contributed by atoms with E-state index in [2.05, 4.69) is 14.7 Å². The van der Waals surface area contributed by atoms with E-state index in [1.807, 2.05) is 30.3 Å². The van der Waals surface area contributed by atoms with Crippen LogP contribution in [0, 0.1) is 0 Å². The standard InChI is InChI=1S/C23H21F3N4O4S2/c1-35(31,32)30-19-5-3-2-4-18(19)16-9-12-20-21(14-16)28-22(27-20)13-8-15-6-10-17(11-7-15)29-36(33,34)23(24,25)26/h2-7,9-12,14,29-30H,8,13H2,1H3,(H,27,28). The van der Waals surface area contributed by atoms with Crippen molar-refractivity contribution >= 4 is 42.5 Å². The third kappa shape index (κ3) is 5.97. The Morgan fingerprint density at radius 1 is 0.889 bits per heavy atom. The molecule has 13 heteroatoms. The third-order valence-corrected chi connectivity index (χ3v) is 6.93. The molecule has 0 saturated heterocycles. The molecular formula is C23H21F3N4O4S2. The zero-order valence-corrected chi connectivity index (χ0v) is 20.4. The SMILES string of the molecule is CS(=O)(=O)Nc1ccccc1-c1ccc2nc(CCc3ccc(NS(=O)(=O)C(F)(F)F)cc3)[nH]c2c1. The molecule has 4 aromatic rings. The number of aryl methyl sites for hydroxylation is 2. The van der Waals surface area contributed by atoms with Crippen molar-refractivity contribution in [2.75, 3.05) is 15.7 Å². The Kier molecular flexibility index (Phi) is 6.71. The Morgan fingerprint density at radius 2 is 1.58 bits per heavy atom. The number of aromatic nitrogens is 2. The molecule has 1 heterocycles. The molecule has 0 saturated carbocycles. The Bertz CT molecular complexity index is 1620. The summed E-state index contributed by atoms with van der Waals surface area (Å²) in [6.07, 6.45) is 2.10. The van der Waals surface area contributed by atoms with Crippen molar-refractivity contribution in [2.24, 2.45) is 0 Å². The number of para-hydroxylation sites is 1. The van der Waals surface area contributed by atoms with Gasteiger partial charge in [0.05, 0.1) is 23.0 Å². The number of benzene rings is 3. The smallest absolute Gasteiger partial charge is 0.342 e. The highest BCUT2D eigenvalue weighted by Gasteiger charge is 2.46. The van der Waals surface area contributed by atoms with Gasteiger partial charge in [-0.1, -0.05) is 36.4 Å². The van der Waals surface area contributed by atoms with Gasteiger partial charge >= 0.3 is 15.5 Å². The lowest BCUT2D eigenvalue weighted by atomic mass is 10.0. The molecule has 0 radical (unpaired) electrons. The second-order valence-corrected chi connectivity index (χ2v) is 11.5. The maximum Gasteiger partial charge on any atom is 0.516 e. The molecule has 0 bridgehead atoms. The topological polar surface area (TPSA) is 121 Å². The summed E-state index contributed by atoms with van der Waals surface area (Å²) in [6.45, 7) is 0. The van der Waals surface area contributed by atoms with Crippen LogP contribution in [0.5, 0.6) is 0 Å². The zero-order chi connectivity index (χ0) is 26.1. The normalized spacial score (nSPS) is 12.6. The van der Waals surface area contributed by atoms with Gasteiger partial charge in [-0.05, 0) is 47.9 Å². The highest BCUT2D eigenvalue weighted by Crippen LogP contribution is 2.30. The number of fused-ring (bicyclic) bond motifs is 1. The molecule has 0 unspecified atom stereocenters. The van der Waals surface area contributed by atoms with Crippen LogP contribution in [0.1, 0.15) is 11.4 Å². The first-order chi connectivity index (χ1) is 16.8. The summed E-state index contributed by atoms with van der Waals surface area (Å²) in [4.78, 5) is 7.79. The van der Waals surface area contributed by atoms with Gasteiger partial charge in [-0.3, -0.25) is 9.44 Å². The van der Waals surface area contributed by atoms with Crippen LogP contribution < -0.4 is 9.44 Å². The number of H-pyrrole nitrogens is 1. The minimum absolute atomic E-state index is 0.182. The summed E-state index contributed by atoms with van der Waals surface area (Å²) >= 11 is 0. The van der Waals surface area contributed by atoms with Crippen molar-refractivity contribution in [2.45, 2.75) is 18.3 Å². The molecule has 0 aliphatic carbocycles. The van der Waals surface area contributed by atoms with E-state index < -0.39 is 25.6 Å². The van der Waals surface area contributed by atoms with Crippen LogP contribution in [-0.4, -0.2) is 38.6 Å². The summed E-state index contributed by atoms with van der Waals surface area (Å²) < 4.78 is 87.4. The number of nitrogens with one attached hydrogen (secondary N) is 3. The first-order valence-corrected chi connectivity index (χ1v) is 13.9. The summed E-state index contributed by atoms with van der Waals surface area (Å²) in [6, 6.07) is 18.2. The number of alkyl halides is 3. The fourth-order valence-corrected chi connectivity index (χ4v) is 4.73. The number of anilines is 2. The first kappa shape index (κ1) is 25.5. The van der Waals surface area contributed by atoms with E-state index in [-0.39, 0.29) is 5.69 Å². The van der Waals surface area contributed by atoms with Crippen LogP contribution in [0.3, 0.4) is 0 Å².